The average molecular weight is 235 g/mol. The fourth-order valence-electron chi connectivity index (χ4n) is 2.09. The van der Waals surface area contributed by atoms with E-state index in [0.717, 1.165) is 35.5 Å². The molecule has 0 aromatic carbocycles. The summed E-state index contributed by atoms with van der Waals surface area (Å²) < 4.78 is 1.62. The second-order valence-electron chi connectivity index (χ2n) is 3.91. The van der Waals surface area contributed by atoms with Gasteiger partial charge in [0.05, 0.1) is 12.3 Å². The maximum atomic E-state index is 8.84. The quantitative estimate of drug-likeness (QED) is 0.778. The lowest BCUT2D eigenvalue weighted by molar-refractivity contribution is 0.296. The van der Waals surface area contributed by atoms with E-state index < -0.39 is 0 Å². The zero-order valence-electron chi connectivity index (χ0n) is 8.68. The van der Waals surface area contributed by atoms with E-state index >= 15 is 0 Å². The molecule has 0 unspecified atom stereocenters. The zero-order chi connectivity index (χ0) is 11.1. The van der Waals surface area contributed by atoms with Gasteiger partial charge in [-0.05, 0) is 19.3 Å². The fourth-order valence-corrected chi connectivity index (χ4v) is 2.43. The lowest BCUT2D eigenvalue weighted by Crippen LogP contribution is -2.00. The SMILES string of the molecule is OCCc1nc2nc3c(c([S])n2n1)CCC3. The van der Waals surface area contributed by atoms with E-state index in [2.05, 4.69) is 15.1 Å². The van der Waals surface area contributed by atoms with Crippen LogP contribution in [0.2, 0.25) is 0 Å². The minimum absolute atomic E-state index is 0.0450. The van der Waals surface area contributed by atoms with Crippen molar-refractivity contribution in [3.63, 3.8) is 0 Å². The molecule has 2 aromatic rings. The minimum atomic E-state index is 0.0450. The topological polar surface area (TPSA) is 63.3 Å². The van der Waals surface area contributed by atoms with Gasteiger partial charge < -0.3 is 5.11 Å². The van der Waals surface area contributed by atoms with E-state index in [-0.39, 0.29) is 6.61 Å². The summed E-state index contributed by atoms with van der Waals surface area (Å²) in [5.41, 5.74) is 2.21. The molecule has 0 fully saturated rings. The van der Waals surface area contributed by atoms with Gasteiger partial charge in [-0.2, -0.15) is 9.50 Å². The van der Waals surface area contributed by atoms with Gasteiger partial charge in [0.25, 0.3) is 5.78 Å². The third kappa shape index (κ3) is 1.37. The molecule has 2 heterocycles. The molecule has 0 bridgehead atoms. The lowest BCUT2D eigenvalue weighted by Gasteiger charge is -2.02. The lowest BCUT2D eigenvalue weighted by atomic mass is 10.3. The highest BCUT2D eigenvalue weighted by atomic mass is 32.1. The minimum Gasteiger partial charge on any atom is -0.396 e. The van der Waals surface area contributed by atoms with Crippen LogP contribution >= 0.6 is 12.6 Å². The molecule has 0 saturated heterocycles. The van der Waals surface area contributed by atoms with Crippen molar-refractivity contribution in [3.8, 4) is 0 Å². The Morgan fingerprint density at radius 3 is 3.00 bits per heavy atom. The number of nitrogens with zero attached hydrogens (tertiary/aromatic N) is 4. The molecular formula is C10H11N4OS. The summed E-state index contributed by atoms with van der Waals surface area (Å²) in [6.45, 7) is 0.0450. The Hall–Kier alpha value is -1.27. The number of aliphatic hydroxyl groups excluding tert-OH is 1. The molecule has 0 saturated carbocycles. The molecule has 2 aromatic heterocycles. The van der Waals surface area contributed by atoms with Gasteiger partial charge in [-0.15, -0.1) is 5.10 Å². The summed E-state index contributed by atoms with van der Waals surface area (Å²) in [6.07, 6.45) is 3.54. The van der Waals surface area contributed by atoms with Gasteiger partial charge in [0.15, 0.2) is 5.82 Å². The number of hydrogen-bond donors (Lipinski definition) is 1. The van der Waals surface area contributed by atoms with Crippen LogP contribution in [0, 0.1) is 0 Å². The summed E-state index contributed by atoms with van der Waals surface area (Å²) >= 11 is 5.38. The number of rotatable bonds is 2. The maximum absolute atomic E-state index is 8.84. The Bertz CT molecular complexity index is 551. The van der Waals surface area contributed by atoms with E-state index in [4.69, 9.17) is 17.7 Å². The maximum Gasteiger partial charge on any atom is 0.254 e. The largest absolute Gasteiger partial charge is 0.396 e. The molecule has 1 aliphatic carbocycles. The first-order chi connectivity index (χ1) is 7.79. The Kier molecular flexibility index (Phi) is 2.26. The summed E-state index contributed by atoms with van der Waals surface area (Å²) in [6, 6.07) is 0. The molecule has 0 spiro atoms. The molecule has 16 heavy (non-hydrogen) atoms. The van der Waals surface area contributed by atoms with Gasteiger partial charge in [-0.3, -0.25) is 0 Å². The molecular weight excluding hydrogens is 224 g/mol. The Labute approximate surface area is 97.9 Å². The van der Waals surface area contributed by atoms with Crippen LogP contribution in [-0.4, -0.2) is 31.3 Å². The van der Waals surface area contributed by atoms with Crippen molar-refractivity contribution in [1.82, 2.24) is 19.6 Å². The van der Waals surface area contributed by atoms with Crippen LogP contribution in [0.1, 0.15) is 23.5 Å². The molecule has 6 heteroatoms. The van der Waals surface area contributed by atoms with E-state index in [0.29, 0.717) is 18.0 Å². The first kappa shape index (κ1) is 9.92. The van der Waals surface area contributed by atoms with E-state index in [9.17, 15) is 0 Å². The van der Waals surface area contributed by atoms with Crippen LogP contribution < -0.4 is 0 Å². The van der Waals surface area contributed by atoms with Crippen molar-refractivity contribution in [2.75, 3.05) is 6.61 Å². The van der Waals surface area contributed by atoms with E-state index in [1.807, 2.05) is 0 Å². The summed E-state index contributed by atoms with van der Waals surface area (Å²) in [5.74, 6) is 1.17. The molecule has 3 rings (SSSR count). The highest BCUT2D eigenvalue weighted by molar-refractivity contribution is 7.80. The highest BCUT2D eigenvalue weighted by Gasteiger charge is 2.20. The second kappa shape index (κ2) is 3.64. The van der Waals surface area contributed by atoms with Crippen molar-refractivity contribution in [3.05, 3.63) is 17.1 Å². The molecule has 83 valence electrons. The summed E-state index contributed by atoms with van der Waals surface area (Å²) in [7, 11) is 0. The first-order valence-corrected chi connectivity index (χ1v) is 5.75. The molecule has 1 aliphatic rings. The number of fused-ring (bicyclic) bond motifs is 2. The van der Waals surface area contributed by atoms with Gasteiger partial charge in [-0.1, -0.05) is 12.6 Å². The van der Waals surface area contributed by atoms with E-state index in [1.165, 1.54) is 0 Å². The smallest absolute Gasteiger partial charge is 0.254 e. The van der Waals surface area contributed by atoms with Crippen LogP contribution in [0.15, 0.2) is 5.03 Å². The standard InChI is InChI=1S/C10H11N4OS/c15-5-4-8-12-10-11-7-3-1-2-6(7)9(16)14(10)13-8/h15H,1-5H2. The molecule has 0 amide bonds. The van der Waals surface area contributed by atoms with Gasteiger partial charge in [-0.25, -0.2) is 4.98 Å². The molecule has 1 N–H and O–H groups in total. The van der Waals surface area contributed by atoms with Crippen molar-refractivity contribution >= 4 is 18.4 Å². The fraction of sp³-hybridized carbons (Fsp3) is 0.500. The third-order valence-corrected chi connectivity index (χ3v) is 3.26. The normalized spacial score (nSPS) is 14.6. The van der Waals surface area contributed by atoms with E-state index in [1.54, 1.807) is 4.52 Å². The Balaban J connectivity index is 2.20. The zero-order valence-corrected chi connectivity index (χ0v) is 9.50. The Morgan fingerprint density at radius 2 is 2.19 bits per heavy atom. The van der Waals surface area contributed by atoms with Crippen LogP contribution in [-0.2, 0) is 19.3 Å². The van der Waals surface area contributed by atoms with Crippen LogP contribution in [0.25, 0.3) is 5.78 Å². The van der Waals surface area contributed by atoms with Crippen molar-refractivity contribution in [1.29, 1.82) is 0 Å². The summed E-state index contributed by atoms with van der Waals surface area (Å²) in [5, 5.41) is 13.8. The second-order valence-corrected chi connectivity index (χ2v) is 4.30. The van der Waals surface area contributed by atoms with Crippen LogP contribution in [0.3, 0.4) is 0 Å². The Morgan fingerprint density at radius 1 is 1.31 bits per heavy atom. The first-order valence-electron chi connectivity index (χ1n) is 5.35. The third-order valence-electron chi connectivity index (χ3n) is 2.84. The van der Waals surface area contributed by atoms with Crippen LogP contribution in [0.5, 0.6) is 0 Å². The number of aryl methyl sites for hydroxylation is 1. The van der Waals surface area contributed by atoms with Gasteiger partial charge in [0.1, 0.15) is 5.03 Å². The molecule has 0 atom stereocenters. The average Bonchev–Trinajstić information content (AvgIpc) is 2.85. The number of aromatic nitrogens is 4. The predicted molar refractivity (Wildman–Crippen MR) is 59.5 cm³/mol. The molecule has 1 radical (unpaired) electrons. The van der Waals surface area contributed by atoms with Crippen molar-refractivity contribution in [2.45, 2.75) is 30.7 Å². The van der Waals surface area contributed by atoms with Gasteiger partial charge in [0, 0.05) is 12.0 Å². The van der Waals surface area contributed by atoms with Gasteiger partial charge >= 0.3 is 0 Å². The summed E-state index contributed by atoms with van der Waals surface area (Å²) in [4.78, 5) is 8.72. The number of hydrogen-bond acceptors (Lipinski definition) is 4. The number of aliphatic hydroxyl groups is 1. The van der Waals surface area contributed by atoms with Crippen molar-refractivity contribution < 1.29 is 5.11 Å². The van der Waals surface area contributed by atoms with Crippen molar-refractivity contribution in [2.24, 2.45) is 0 Å². The highest BCUT2D eigenvalue weighted by Crippen LogP contribution is 2.26. The molecule has 5 nitrogen and oxygen atoms in total. The monoisotopic (exact) mass is 235 g/mol. The van der Waals surface area contributed by atoms with Crippen LogP contribution in [0.4, 0.5) is 0 Å². The molecule has 0 aliphatic heterocycles. The van der Waals surface area contributed by atoms with Gasteiger partial charge in [0.2, 0.25) is 0 Å². The predicted octanol–water partition coefficient (Wildman–Crippen LogP) is 0.704.